The van der Waals surface area contributed by atoms with Crippen LogP contribution in [0.15, 0.2) is 0 Å². The summed E-state index contributed by atoms with van der Waals surface area (Å²) in [4.78, 5) is 9.02. The van der Waals surface area contributed by atoms with E-state index in [2.05, 4.69) is 16.9 Å². The Balaban J connectivity index is 1.98. The molecule has 0 saturated heterocycles. The Hall–Kier alpha value is -0.280. The average molecular weight is 285 g/mol. The van der Waals surface area contributed by atoms with Crippen molar-refractivity contribution in [3.8, 4) is 0 Å². The van der Waals surface area contributed by atoms with Crippen molar-refractivity contribution in [2.75, 3.05) is 0 Å². The van der Waals surface area contributed by atoms with Gasteiger partial charge in [0.25, 0.3) is 0 Å². The predicted molar refractivity (Wildman–Crippen MR) is 79.3 cm³/mol. The van der Waals surface area contributed by atoms with Crippen LogP contribution in [0.4, 0.5) is 0 Å². The topological polar surface area (TPSA) is 25.8 Å². The van der Waals surface area contributed by atoms with Gasteiger partial charge < -0.3 is 0 Å². The summed E-state index contributed by atoms with van der Waals surface area (Å²) >= 11 is 8.16. The lowest BCUT2D eigenvalue weighted by Gasteiger charge is -2.20. The molecule has 1 heterocycles. The standard InChI is InChI=1S/C14H21ClN2S/c1-3-12-10(2)14(15)17-13(16-12)9-18-11-7-5-4-6-8-11/h11H,3-9H2,1-2H3. The molecule has 1 fully saturated rings. The predicted octanol–water partition coefficient (Wildman–Crippen LogP) is 4.57. The summed E-state index contributed by atoms with van der Waals surface area (Å²) in [5.74, 6) is 1.80. The second-order valence-corrected chi connectivity index (χ2v) is 6.57. The Bertz CT molecular complexity index is 403. The average Bonchev–Trinajstić information content (AvgIpc) is 2.41. The molecule has 1 saturated carbocycles. The molecule has 4 heteroatoms. The van der Waals surface area contributed by atoms with Gasteiger partial charge in [0.1, 0.15) is 11.0 Å². The Labute approximate surface area is 119 Å². The fourth-order valence-electron chi connectivity index (χ4n) is 2.41. The Morgan fingerprint density at radius 3 is 2.61 bits per heavy atom. The Morgan fingerprint density at radius 2 is 1.94 bits per heavy atom. The van der Waals surface area contributed by atoms with E-state index in [9.17, 15) is 0 Å². The molecular weight excluding hydrogens is 264 g/mol. The van der Waals surface area contributed by atoms with E-state index in [0.717, 1.165) is 34.5 Å². The zero-order valence-electron chi connectivity index (χ0n) is 11.2. The van der Waals surface area contributed by atoms with Gasteiger partial charge in [0.05, 0.1) is 5.75 Å². The minimum atomic E-state index is 0.626. The summed E-state index contributed by atoms with van der Waals surface area (Å²) in [6.45, 7) is 4.11. The molecule has 0 aromatic carbocycles. The zero-order valence-corrected chi connectivity index (χ0v) is 12.8. The van der Waals surface area contributed by atoms with Gasteiger partial charge >= 0.3 is 0 Å². The van der Waals surface area contributed by atoms with Crippen LogP contribution in [0, 0.1) is 6.92 Å². The molecule has 100 valence electrons. The summed E-state index contributed by atoms with van der Waals surface area (Å²) < 4.78 is 0. The van der Waals surface area contributed by atoms with E-state index in [4.69, 9.17) is 11.6 Å². The molecular formula is C14H21ClN2S. The molecule has 2 nitrogen and oxygen atoms in total. The molecule has 2 rings (SSSR count). The van der Waals surface area contributed by atoms with Crippen LogP contribution in [0.5, 0.6) is 0 Å². The first-order valence-electron chi connectivity index (χ1n) is 6.84. The van der Waals surface area contributed by atoms with Gasteiger partial charge in [-0.2, -0.15) is 11.8 Å². The summed E-state index contributed by atoms with van der Waals surface area (Å²) in [5.41, 5.74) is 2.12. The summed E-state index contributed by atoms with van der Waals surface area (Å²) in [7, 11) is 0. The van der Waals surface area contributed by atoms with E-state index >= 15 is 0 Å². The van der Waals surface area contributed by atoms with Gasteiger partial charge in [-0.1, -0.05) is 37.8 Å². The second-order valence-electron chi connectivity index (χ2n) is 4.93. The van der Waals surface area contributed by atoms with Crippen LogP contribution in [0.2, 0.25) is 5.15 Å². The van der Waals surface area contributed by atoms with Crippen LogP contribution in [0.1, 0.15) is 56.1 Å². The fraction of sp³-hybridized carbons (Fsp3) is 0.714. The zero-order chi connectivity index (χ0) is 13.0. The van der Waals surface area contributed by atoms with E-state index in [1.807, 2.05) is 18.7 Å². The van der Waals surface area contributed by atoms with Gasteiger partial charge in [-0.05, 0) is 26.2 Å². The van der Waals surface area contributed by atoms with Crippen molar-refractivity contribution >= 4 is 23.4 Å². The van der Waals surface area contributed by atoms with E-state index in [1.165, 1.54) is 32.1 Å². The van der Waals surface area contributed by atoms with Crippen LogP contribution in [0.25, 0.3) is 0 Å². The van der Waals surface area contributed by atoms with Gasteiger partial charge in [-0.15, -0.1) is 0 Å². The van der Waals surface area contributed by atoms with Crippen molar-refractivity contribution < 1.29 is 0 Å². The maximum atomic E-state index is 6.16. The molecule has 1 aromatic rings. The Morgan fingerprint density at radius 1 is 1.22 bits per heavy atom. The number of rotatable bonds is 4. The molecule has 0 aliphatic heterocycles. The molecule has 1 aliphatic carbocycles. The molecule has 1 aromatic heterocycles. The fourth-order valence-corrected chi connectivity index (χ4v) is 3.80. The highest BCUT2D eigenvalue weighted by atomic mass is 35.5. The molecule has 1 aliphatic rings. The minimum absolute atomic E-state index is 0.626. The number of hydrogen-bond donors (Lipinski definition) is 0. The first-order valence-corrected chi connectivity index (χ1v) is 8.27. The number of hydrogen-bond acceptors (Lipinski definition) is 3. The van der Waals surface area contributed by atoms with Crippen molar-refractivity contribution in [2.24, 2.45) is 0 Å². The van der Waals surface area contributed by atoms with E-state index in [1.54, 1.807) is 0 Å². The van der Waals surface area contributed by atoms with E-state index in [0.29, 0.717) is 5.15 Å². The lowest BCUT2D eigenvalue weighted by Crippen LogP contribution is -2.09. The van der Waals surface area contributed by atoms with Gasteiger partial charge in [-0.3, -0.25) is 0 Å². The molecule has 0 bridgehead atoms. The minimum Gasteiger partial charge on any atom is -0.237 e. The molecule has 0 atom stereocenters. The molecule has 0 amide bonds. The maximum absolute atomic E-state index is 6.16. The van der Waals surface area contributed by atoms with Crippen LogP contribution < -0.4 is 0 Å². The van der Waals surface area contributed by atoms with Crippen molar-refractivity contribution in [3.63, 3.8) is 0 Å². The molecule has 0 radical (unpaired) electrons. The van der Waals surface area contributed by atoms with Crippen LogP contribution >= 0.6 is 23.4 Å². The second kappa shape index (κ2) is 6.76. The summed E-state index contributed by atoms with van der Waals surface area (Å²) in [5, 5.41) is 1.42. The number of aryl methyl sites for hydroxylation is 1. The number of nitrogens with zero attached hydrogens (tertiary/aromatic N) is 2. The lowest BCUT2D eigenvalue weighted by atomic mass is 10.0. The molecule has 0 spiro atoms. The summed E-state index contributed by atoms with van der Waals surface area (Å²) in [6, 6.07) is 0. The first-order chi connectivity index (χ1) is 8.70. The summed E-state index contributed by atoms with van der Waals surface area (Å²) in [6.07, 6.45) is 7.80. The monoisotopic (exact) mass is 284 g/mol. The van der Waals surface area contributed by atoms with Crippen molar-refractivity contribution in [1.82, 2.24) is 9.97 Å². The van der Waals surface area contributed by atoms with E-state index < -0.39 is 0 Å². The third-order valence-electron chi connectivity index (χ3n) is 3.57. The van der Waals surface area contributed by atoms with Crippen molar-refractivity contribution in [2.45, 2.75) is 63.4 Å². The highest BCUT2D eigenvalue weighted by Gasteiger charge is 2.15. The third kappa shape index (κ3) is 3.61. The highest BCUT2D eigenvalue weighted by Crippen LogP contribution is 2.30. The molecule has 0 N–H and O–H groups in total. The lowest BCUT2D eigenvalue weighted by molar-refractivity contribution is 0.516. The first kappa shape index (κ1) is 14.1. The SMILES string of the molecule is CCc1nc(CSC2CCCCC2)nc(Cl)c1C. The Kier molecular flexibility index (Phi) is 5.31. The van der Waals surface area contributed by atoms with Crippen molar-refractivity contribution in [1.29, 1.82) is 0 Å². The normalized spacial score (nSPS) is 17.1. The largest absolute Gasteiger partial charge is 0.237 e. The maximum Gasteiger partial charge on any atom is 0.140 e. The quantitative estimate of drug-likeness (QED) is 0.758. The number of thioether (sulfide) groups is 1. The van der Waals surface area contributed by atoms with E-state index in [-0.39, 0.29) is 0 Å². The van der Waals surface area contributed by atoms with Gasteiger partial charge in [-0.25, -0.2) is 9.97 Å². The molecule has 18 heavy (non-hydrogen) atoms. The van der Waals surface area contributed by atoms with Crippen LogP contribution in [-0.4, -0.2) is 15.2 Å². The van der Waals surface area contributed by atoms with Gasteiger partial charge in [0.2, 0.25) is 0 Å². The van der Waals surface area contributed by atoms with Crippen LogP contribution in [-0.2, 0) is 12.2 Å². The van der Waals surface area contributed by atoms with Crippen LogP contribution in [0.3, 0.4) is 0 Å². The van der Waals surface area contributed by atoms with Gasteiger partial charge in [0, 0.05) is 16.5 Å². The highest BCUT2D eigenvalue weighted by molar-refractivity contribution is 7.99. The smallest absolute Gasteiger partial charge is 0.140 e. The third-order valence-corrected chi connectivity index (χ3v) is 5.30. The van der Waals surface area contributed by atoms with Gasteiger partial charge in [0.15, 0.2) is 0 Å². The van der Waals surface area contributed by atoms with Crippen molar-refractivity contribution in [3.05, 3.63) is 22.2 Å². The number of halogens is 1. The molecule has 0 unspecified atom stereocenters. The number of aromatic nitrogens is 2.